The van der Waals surface area contributed by atoms with Crippen LogP contribution in [0.25, 0.3) is 0 Å². The molecular weight excluding hydrogens is 429 g/mol. The number of carbonyl (C=O) groups excluding carboxylic acids is 1. The lowest BCUT2D eigenvalue weighted by atomic mass is 9.99. The second kappa shape index (κ2) is 10.4. The van der Waals surface area contributed by atoms with Crippen LogP contribution in [0.5, 0.6) is 5.75 Å². The van der Waals surface area contributed by atoms with E-state index >= 15 is 0 Å². The minimum absolute atomic E-state index is 0.0352. The quantitative estimate of drug-likeness (QED) is 0.461. The van der Waals surface area contributed by atoms with Crippen LogP contribution in [-0.4, -0.2) is 36.5 Å². The second-order valence-corrected chi connectivity index (χ2v) is 8.93. The van der Waals surface area contributed by atoms with Crippen LogP contribution in [0.15, 0.2) is 47.4 Å². The number of carbonyl (C=O) groups is 1. The van der Waals surface area contributed by atoms with Crippen molar-refractivity contribution in [1.29, 1.82) is 0 Å². The summed E-state index contributed by atoms with van der Waals surface area (Å²) >= 11 is 13.5. The first-order valence-electron chi connectivity index (χ1n) is 9.57. The summed E-state index contributed by atoms with van der Waals surface area (Å²) < 4.78 is 9.09. The number of para-hydroxylation sites is 1. The topological polar surface area (TPSA) is 67.6 Å². The van der Waals surface area contributed by atoms with Crippen molar-refractivity contribution in [2.45, 2.75) is 30.7 Å². The lowest BCUT2D eigenvalue weighted by Crippen LogP contribution is -2.49. The van der Waals surface area contributed by atoms with Gasteiger partial charge in [-0.15, -0.1) is 0 Å². The number of hydrogen-bond donors (Lipinski definition) is 2. The molecule has 0 aromatic heterocycles. The number of halogens is 2. The van der Waals surface area contributed by atoms with Crippen LogP contribution >= 0.6 is 35.1 Å². The summed E-state index contributed by atoms with van der Waals surface area (Å²) in [5, 5.41) is 0.769. The van der Waals surface area contributed by atoms with Gasteiger partial charge < -0.3 is 15.4 Å². The summed E-state index contributed by atoms with van der Waals surface area (Å²) in [6.07, 6.45) is 2.04. The van der Waals surface area contributed by atoms with Crippen LogP contribution in [0.4, 0.5) is 5.69 Å². The summed E-state index contributed by atoms with van der Waals surface area (Å²) in [7, 11) is 0. The first-order chi connectivity index (χ1) is 13.9. The first-order valence-corrected chi connectivity index (χ1v) is 11.1. The van der Waals surface area contributed by atoms with Crippen LogP contribution < -0.4 is 15.2 Å². The van der Waals surface area contributed by atoms with Crippen molar-refractivity contribution in [3.05, 3.63) is 52.5 Å². The Bertz CT molecular complexity index is 807. The third-order valence-electron chi connectivity index (χ3n) is 4.92. The Morgan fingerprint density at radius 2 is 1.86 bits per heavy atom. The maximum atomic E-state index is 13.1. The van der Waals surface area contributed by atoms with Gasteiger partial charge in [0.05, 0.1) is 15.7 Å². The fourth-order valence-corrected chi connectivity index (χ4v) is 4.48. The molecule has 2 aromatic rings. The Morgan fingerprint density at radius 3 is 2.48 bits per heavy atom. The van der Waals surface area contributed by atoms with Gasteiger partial charge in [-0.25, -0.2) is 4.72 Å². The predicted molar refractivity (Wildman–Crippen MR) is 121 cm³/mol. The highest BCUT2D eigenvalue weighted by Crippen LogP contribution is 2.32. The third kappa shape index (κ3) is 6.19. The first kappa shape index (κ1) is 22.1. The van der Waals surface area contributed by atoms with Gasteiger partial charge in [-0.1, -0.05) is 48.3 Å². The van der Waals surface area contributed by atoms with Gasteiger partial charge in [-0.3, -0.25) is 4.79 Å². The van der Waals surface area contributed by atoms with Crippen molar-refractivity contribution in [3.63, 3.8) is 0 Å². The maximum absolute atomic E-state index is 13.1. The Hall–Kier alpha value is -1.60. The predicted octanol–water partition coefficient (Wildman–Crippen LogP) is 4.88. The smallest absolute Gasteiger partial charge is 0.244 e. The molecule has 5 nitrogen and oxygen atoms in total. The van der Waals surface area contributed by atoms with Crippen molar-refractivity contribution in [2.75, 3.05) is 25.4 Å². The fraction of sp³-hybridized carbons (Fsp3) is 0.381. The summed E-state index contributed by atoms with van der Waals surface area (Å²) in [5.41, 5.74) is 6.15. The lowest BCUT2D eigenvalue weighted by molar-refractivity contribution is -0.134. The molecule has 1 heterocycles. The van der Waals surface area contributed by atoms with Crippen molar-refractivity contribution in [3.8, 4) is 5.75 Å². The van der Waals surface area contributed by atoms with Gasteiger partial charge in [0.25, 0.3) is 0 Å². The fourth-order valence-electron chi connectivity index (χ4n) is 3.06. The Kier molecular flexibility index (Phi) is 7.95. The number of nitrogen functional groups attached to an aromatic ring is 1. The van der Waals surface area contributed by atoms with Crippen LogP contribution in [0.2, 0.25) is 10.0 Å². The number of likely N-dealkylation sites (tertiary alicyclic amines) is 1. The molecule has 1 aliphatic heterocycles. The van der Waals surface area contributed by atoms with Crippen molar-refractivity contribution < 1.29 is 9.53 Å². The number of piperidine rings is 1. The molecule has 156 valence electrons. The van der Waals surface area contributed by atoms with Gasteiger partial charge in [0.1, 0.15) is 18.4 Å². The Balaban J connectivity index is 1.68. The number of amides is 1. The van der Waals surface area contributed by atoms with E-state index < -0.39 is 6.04 Å². The SMILES string of the molecule is CC1CCN(C(=O)C(COc2ccccc2)NSc2cc(Cl)c(N)c(Cl)c2)CC1. The molecule has 29 heavy (non-hydrogen) atoms. The van der Waals surface area contributed by atoms with E-state index in [-0.39, 0.29) is 12.5 Å². The van der Waals surface area contributed by atoms with E-state index in [9.17, 15) is 4.79 Å². The summed E-state index contributed by atoms with van der Waals surface area (Å²) in [5.74, 6) is 1.41. The Morgan fingerprint density at radius 1 is 1.24 bits per heavy atom. The maximum Gasteiger partial charge on any atom is 0.244 e. The van der Waals surface area contributed by atoms with Crippen molar-refractivity contribution >= 4 is 46.7 Å². The van der Waals surface area contributed by atoms with Gasteiger partial charge in [-0.2, -0.15) is 0 Å². The van der Waals surface area contributed by atoms with E-state index in [2.05, 4.69) is 11.6 Å². The molecular formula is C21H25Cl2N3O2S. The number of nitrogens with one attached hydrogen (secondary N) is 1. The number of nitrogens with two attached hydrogens (primary N) is 1. The molecule has 0 aliphatic carbocycles. The highest BCUT2D eigenvalue weighted by atomic mass is 35.5. The molecule has 8 heteroatoms. The zero-order valence-electron chi connectivity index (χ0n) is 16.2. The molecule has 1 aliphatic rings. The normalized spacial score (nSPS) is 15.9. The molecule has 3 rings (SSSR count). The molecule has 0 radical (unpaired) electrons. The monoisotopic (exact) mass is 453 g/mol. The van der Waals surface area contributed by atoms with E-state index in [0.29, 0.717) is 21.7 Å². The second-order valence-electron chi connectivity index (χ2n) is 7.20. The number of benzene rings is 2. The molecule has 2 aromatic carbocycles. The number of hydrogen-bond acceptors (Lipinski definition) is 5. The third-order valence-corrected chi connectivity index (χ3v) is 6.42. The van der Waals surface area contributed by atoms with Gasteiger partial charge >= 0.3 is 0 Å². The Labute approximate surface area is 186 Å². The molecule has 1 fully saturated rings. The van der Waals surface area contributed by atoms with E-state index in [0.717, 1.165) is 36.6 Å². The van der Waals surface area contributed by atoms with Gasteiger partial charge in [0.2, 0.25) is 5.91 Å². The largest absolute Gasteiger partial charge is 0.491 e. The lowest BCUT2D eigenvalue weighted by Gasteiger charge is -2.33. The summed E-state index contributed by atoms with van der Waals surface area (Å²) in [6.45, 7) is 3.99. The highest BCUT2D eigenvalue weighted by Gasteiger charge is 2.28. The van der Waals surface area contributed by atoms with Gasteiger partial charge in [0.15, 0.2) is 0 Å². The standard InChI is InChI=1S/C21H25Cl2N3O2S/c1-14-7-9-26(10-8-14)21(27)19(13-28-15-5-3-2-4-6-15)25-29-16-11-17(22)20(24)18(23)12-16/h2-6,11-12,14,19,25H,7-10,13,24H2,1H3. The molecule has 3 N–H and O–H groups in total. The number of anilines is 1. The minimum atomic E-state index is -0.510. The zero-order chi connectivity index (χ0) is 20.8. The summed E-state index contributed by atoms with van der Waals surface area (Å²) in [6, 6.07) is 12.4. The number of nitrogens with zero attached hydrogens (tertiary/aromatic N) is 1. The average molecular weight is 454 g/mol. The minimum Gasteiger partial charge on any atom is -0.491 e. The molecule has 0 spiro atoms. The van der Waals surface area contributed by atoms with Crippen LogP contribution in [0.3, 0.4) is 0 Å². The van der Waals surface area contributed by atoms with Crippen LogP contribution in [0.1, 0.15) is 19.8 Å². The van der Waals surface area contributed by atoms with E-state index in [1.165, 1.54) is 11.9 Å². The number of ether oxygens (including phenoxy) is 1. The molecule has 1 unspecified atom stereocenters. The van der Waals surface area contributed by atoms with Crippen molar-refractivity contribution in [2.24, 2.45) is 5.92 Å². The molecule has 1 atom stereocenters. The van der Waals surface area contributed by atoms with E-state index in [1.807, 2.05) is 35.2 Å². The summed E-state index contributed by atoms with van der Waals surface area (Å²) in [4.78, 5) is 15.8. The highest BCUT2D eigenvalue weighted by molar-refractivity contribution is 7.97. The van der Waals surface area contributed by atoms with Gasteiger partial charge in [0, 0.05) is 18.0 Å². The zero-order valence-corrected chi connectivity index (χ0v) is 18.6. The van der Waals surface area contributed by atoms with Crippen molar-refractivity contribution in [1.82, 2.24) is 9.62 Å². The molecule has 1 amide bonds. The molecule has 0 bridgehead atoms. The van der Waals surface area contributed by atoms with Gasteiger partial charge in [-0.05, 0) is 55.0 Å². The van der Waals surface area contributed by atoms with Crippen LogP contribution in [0, 0.1) is 5.92 Å². The number of rotatable bonds is 7. The average Bonchev–Trinajstić information content (AvgIpc) is 2.73. The van der Waals surface area contributed by atoms with Crippen LogP contribution in [-0.2, 0) is 4.79 Å². The van der Waals surface area contributed by atoms with E-state index in [1.54, 1.807) is 12.1 Å². The van der Waals surface area contributed by atoms with E-state index in [4.69, 9.17) is 33.7 Å². The molecule has 0 saturated carbocycles. The molecule has 1 saturated heterocycles.